The van der Waals surface area contributed by atoms with E-state index in [1.54, 1.807) is 13.8 Å². The standard InChI is InChI=1S/C13H15ClF3NO3S/c1-8-6-18(7-9(2)21-8)22(19,20)12-4-3-10(14)5-11(12)13(15,16)17/h3-5,8-9H,6-7H2,1-2H3. The minimum atomic E-state index is -4.81. The van der Waals surface area contributed by atoms with E-state index in [9.17, 15) is 21.6 Å². The molecule has 0 bridgehead atoms. The zero-order valence-electron chi connectivity index (χ0n) is 11.9. The molecule has 2 atom stereocenters. The highest BCUT2D eigenvalue weighted by molar-refractivity contribution is 7.89. The van der Waals surface area contributed by atoms with Crippen LogP contribution in [0.25, 0.3) is 0 Å². The lowest BCUT2D eigenvalue weighted by molar-refractivity contribution is -0.139. The molecule has 2 rings (SSSR count). The average molecular weight is 358 g/mol. The van der Waals surface area contributed by atoms with Gasteiger partial charge in [0, 0.05) is 18.1 Å². The quantitative estimate of drug-likeness (QED) is 0.816. The number of benzene rings is 1. The highest BCUT2D eigenvalue weighted by Crippen LogP contribution is 2.37. The van der Waals surface area contributed by atoms with E-state index in [0.717, 1.165) is 16.4 Å². The Kier molecular flexibility index (Phi) is 4.77. The maximum absolute atomic E-state index is 13.1. The number of hydrogen-bond acceptors (Lipinski definition) is 3. The summed E-state index contributed by atoms with van der Waals surface area (Å²) in [5.41, 5.74) is -1.26. The fourth-order valence-electron chi connectivity index (χ4n) is 2.41. The van der Waals surface area contributed by atoms with Gasteiger partial charge in [0.2, 0.25) is 10.0 Å². The van der Waals surface area contributed by atoms with E-state index in [2.05, 4.69) is 0 Å². The Hall–Kier alpha value is -0.830. The molecule has 124 valence electrons. The summed E-state index contributed by atoms with van der Waals surface area (Å²) in [7, 11) is -4.28. The van der Waals surface area contributed by atoms with E-state index in [4.69, 9.17) is 16.3 Å². The lowest BCUT2D eigenvalue weighted by Gasteiger charge is -2.34. The summed E-state index contributed by atoms with van der Waals surface area (Å²) in [6.07, 6.45) is -5.59. The lowest BCUT2D eigenvalue weighted by Crippen LogP contribution is -2.48. The molecule has 0 saturated carbocycles. The van der Waals surface area contributed by atoms with E-state index in [0.29, 0.717) is 6.07 Å². The van der Waals surface area contributed by atoms with Gasteiger partial charge in [-0.05, 0) is 32.0 Å². The predicted octanol–water partition coefficient (Wildman–Crippen LogP) is 3.16. The Morgan fingerprint density at radius 2 is 1.77 bits per heavy atom. The molecule has 1 aliphatic heterocycles. The van der Waals surface area contributed by atoms with Crippen LogP contribution in [-0.2, 0) is 20.9 Å². The van der Waals surface area contributed by atoms with Gasteiger partial charge in [0.15, 0.2) is 0 Å². The molecule has 0 radical (unpaired) electrons. The first-order valence-corrected chi connectivity index (χ1v) is 8.36. The van der Waals surface area contributed by atoms with Crippen LogP contribution in [0.2, 0.25) is 5.02 Å². The van der Waals surface area contributed by atoms with Gasteiger partial charge in [-0.1, -0.05) is 11.6 Å². The van der Waals surface area contributed by atoms with Crippen LogP contribution in [0.3, 0.4) is 0 Å². The van der Waals surface area contributed by atoms with Crippen molar-refractivity contribution in [1.82, 2.24) is 4.31 Å². The number of rotatable bonds is 2. The molecule has 1 aromatic rings. The number of hydrogen-bond donors (Lipinski definition) is 0. The molecule has 0 spiro atoms. The Morgan fingerprint density at radius 1 is 1.23 bits per heavy atom. The molecular weight excluding hydrogens is 343 g/mol. The van der Waals surface area contributed by atoms with Crippen molar-refractivity contribution in [3.8, 4) is 0 Å². The van der Waals surface area contributed by atoms with Crippen molar-refractivity contribution in [3.63, 3.8) is 0 Å². The second-order valence-electron chi connectivity index (χ2n) is 5.22. The van der Waals surface area contributed by atoms with Crippen LogP contribution in [0.1, 0.15) is 19.4 Å². The lowest BCUT2D eigenvalue weighted by atomic mass is 10.2. The summed E-state index contributed by atoms with van der Waals surface area (Å²) in [4.78, 5) is -0.786. The van der Waals surface area contributed by atoms with Gasteiger partial charge in [-0.2, -0.15) is 17.5 Å². The molecule has 1 aromatic carbocycles. The zero-order valence-corrected chi connectivity index (χ0v) is 13.5. The maximum atomic E-state index is 13.1. The van der Waals surface area contributed by atoms with Crippen molar-refractivity contribution in [2.24, 2.45) is 0 Å². The normalized spacial score (nSPS) is 24.5. The summed E-state index contributed by atoms with van der Waals surface area (Å²) < 4.78 is 70.9. The van der Waals surface area contributed by atoms with E-state index < -0.39 is 26.7 Å². The Bertz CT molecular complexity index is 653. The Morgan fingerprint density at radius 3 is 2.27 bits per heavy atom. The molecule has 9 heteroatoms. The van der Waals surface area contributed by atoms with Crippen molar-refractivity contribution in [3.05, 3.63) is 28.8 Å². The van der Waals surface area contributed by atoms with Crippen LogP contribution in [0.4, 0.5) is 13.2 Å². The van der Waals surface area contributed by atoms with Crippen molar-refractivity contribution in [1.29, 1.82) is 0 Å². The van der Waals surface area contributed by atoms with E-state index >= 15 is 0 Å². The molecule has 2 unspecified atom stereocenters. The molecule has 1 fully saturated rings. The second kappa shape index (κ2) is 5.99. The first kappa shape index (κ1) is 17.5. The second-order valence-corrected chi connectivity index (χ2v) is 7.56. The first-order chi connectivity index (χ1) is 10.0. The largest absolute Gasteiger partial charge is 0.417 e. The van der Waals surface area contributed by atoms with Gasteiger partial charge in [-0.15, -0.1) is 0 Å². The summed E-state index contributed by atoms with van der Waals surface area (Å²) in [5, 5.41) is -0.171. The number of alkyl halides is 3. The Balaban J connectivity index is 2.50. The van der Waals surface area contributed by atoms with Crippen molar-refractivity contribution >= 4 is 21.6 Å². The maximum Gasteiger partial charge on any atom is 0.417 e. The van der Waals surface area contributed by atoms with Gasteiger partial charge < -0.3 is 4.74 Å². The van der Waals surface area contributed by atoms with Crippen molar-refractivity contribution in [2.75, 3.05) is 13.1 Å². The van der Waals surface area contributed by atoms with Crippen molar-refractivity contribution in [2.45, 2.75) is 37.1 Å². The topological polar surface area (TPSA) is 46.6 Å². The van der Waals surface area contributed by atoms with Crippen LogP contribution in [0.5, 0.6) is 0 Å². The minimum absolute atomic E-state index is 0.00654. The third-order valence-electron chi connectivity index (χ3n) is 3.25. The van der Waals surface area contributed by atoms with Crippen LogP contribution in [0.15, 0.2) is 23.1 Å². The summed E-state index contributed by atoms with van der Waals surface area (Å²) >= 11 is 5.58. The summed E-state index contributed by atoms with van der Waals surface area (Å²) in [6, 6.07) is 2.66. The highest BCUT2D eigenvalue weighted by atomic mass is 35.5. The van der Waals surface area contributed by atoms with Crippen molar-refractivity contribution < 1.29 is 26.3 Å². The van der Waals surface area contributed by atoms with Crippen LogP contribution < -0.4 is 0 Å². The number of nitrogens with zero attached hydrogens (tertiary/aromatic N) is 1. The average Bonchev–Trinajstić information content (AvgIpc) is 2.36. The van der Waals surface area contributed by atoms with Gasteiger partial charge in [0.25, 0.3) is 0 Å². The molecule has 0 N–H and O–H groups in total. The van der Waals surface area contributed by atoms with E-state index in [1.807, 2.05) is 0 Å². The number of ether oxygens (including phenoxy) is 1. The van der Waals surface area contributed by atoms with Gasteiger partial charge >= 0.3 is 6.18 Å². The summed E-state index contributed by atoms with van der Waals surface area (Å²) in [6.45, 7) is 3.36. The van der Waals surface area contributed by atoms with E-state index in [-0.39, 0.29) is 30.3 Å². The number of sulfonamides is 1. The SMILES string of the molecule is CC1CN(S(=O)(=O)c2ccc(Cl)cc2C(F)(F)F)CC(C)O1. The fraction of sp³-hybridized carbons (Fsp3) is 0.538. The fourth-order valence-corrected chi connectivity index (χ4v) is 4.37. The van der Waals surface area contributed by atoms with Gasteiger partial charge in [-0.3, -0.25) is 0 Å². The molecule has 0 amide bonds. The summed E-state index contributed by atoms with van der Waals surface area (Å²) in [5.74, 6) is 0. The molecule has 1 heterocycles. The minimum Gasteiger partial charge on any atom is -0.373 e. The molecule has 1 aliphatic rings. The Labute approximate surface area is 131 Å². The van der Waals surface area contributed by atoms with Crippen LogP contribution in [-0.4, -0.2) is 38.0 Å². The molecular formula is C13H15ClF3NO3S. The monoisotopic (exact) mass is 357 g/mol. The number of halogens is 4. The molecule has 4 nitrogen and oxygen atoms in total. The van der Waals surface area contributed by atoms with Crippen LogP contribution in [0, 0.1) is 0 Å². The predicted molar refractivity (Wildman–Crippen MR) is 75.2 cm³/mol. The van der Waals surface area contributed by atoms with Crippen LogP contribution >= 0.6 is 11.6 Å². The molecule has 0 aliphatic carbocycles. The zero-order chi connectivity index (χ0) is 16.7. The third kappa shape index (κ3) is 3.56. The third-order valence-corrected chi connectivity index (χ3v) is 5.38. The van der Waals surface area contributed by atoms with Gasteiger partial charge in [0.05, 0.1) is 22.7 Å². The van der Waals surface area contributed by atoms with E-state index in [1.165, 1.54) is 0 Å². The number of morpholine rings is 1. The first-order valence-electron chi connectivity index (χ1n) is 6.54. The molecule has 0 aromatic heterocycles. The molecule has 22 heavy (non-hydrogen) atoms. The smallest absolute Gasteiger partial charge is 0.373 e. The highest BCUT2D eigenvalue weighted by Gasteiger charge is 2.40. The van der Waals surface area contributed by atoms with Gasteiger partial charge in [-0.25, -0.2) is 8.42 Å². The molecule has 1 saturated heterocycles. The van der Waals surface area contributed by atoms with Gasteiger partial charge in [0.1, 0.15) is 0 Å².